The first-order valence-corrected chi connectivity index (χ1v) is 9.47. The van der Waals surface area contributed by atoms with Crippen LogP contribution in [0.2, 0.25) is 0 Å². The molecule has 1 aliphatic heterocycles. The van der Waals surface area contributed by atoms with E-state index in [0.29, 0.717) is 18.9 Å². The number of nitrogens with zero attached hydrogens (tertiary/aromatic N) is 1. The molecule has 4 nitrogen and oxygen atoms in total. The average Bonchev–Trinajstić information content (AvgIpc) is 2.70. The Hall–Kier alpha value is -2.04. The zero-order valence-corrected chi connectivity index (χ0v) is 16.7. The first kappa shape index (κ1) is 21.3. The SMILES string of the molecule is CNCC1CCN(C(=O)CCOc2ccccc2-c2ccccc2)CC1.Cl. The van der Waals surface area contributed by atoms with Gasteiger partial charge in [0.2, 0.25) is 5.91 Å². The van der Waals surface area contributed by atoms with E-state index in [-0.39, 0.29) is 18.3 Å². The molecule has 0 spiro atoms. The van der Waals surface area contributed by atoms with Gasteiger partial charge in [0, 0.05) is 18.7 Å². The van der Waals surface area contributed by atoms with Crippen LogP contribution in [0.3, 0.4) is 0 Å². The van der Waals surface area contributed by atoms with E-state index in [1.807, 2.05) is 48.3 Å². The number of piperidine rings is 1. The van der Waals surface area contributed by atoms with Gasteiger partial charge in [0.1, 0.15) is 5.75 Å². The van der Waals surface area contributed by atoms with Crippen LogP contribution in [0, 0.1) is 5.92 Å². The van der Waals surface area contributed by atoms with Crippen molar-refractivity contribution in [3.05, 3.63) is 54.6 Å². The third-order valence-corrected chi connectivity index (χ3v) is 5.01. The number of rotatable bonds is 7. The maximum absolute atomic E-state index is 12.4. The number of ether oxygens (including phenoxy) is 1. The number of hydrogen-bond acceptors (Lipinski definition) is 3. The van der Waals surface area contributed by atoms with E-state index in [2.05, 4.69) is 23.5 Å². The van der Waals surface area contributed by atoms with E-state index in [0.717, 1.165) is 49.4 Å². The van der Waals surface area contributed by atoms with Gasteiger partial charge in [-0.1, -0.05) is 48.5 Å². The molecule has 1 aliphatic rings. The summed E-state index contributed by atoms with van der Waals surface area (Å²) < 4.78 is 5.96. The standard InChI is InChI=1S/C22H28N2O2.ClH/c1-23-17-18-11-14-24(15-12-18)22(25)13-16-26-21-10-6-5-9-20(21)19-7-3-2-4-8-19;/h2-10,18,23H,11-17H2,1H3;1H. The molecule has 1 heterocycles. The van der Waals surface area contributed by atoms with Crippen molar-refractivity contribution in [1.29, 1.82) is 0 Å². The van der Waals surface area contributed by atoms with Gasteiger partial charge in [-0.2, -0.15) is 0 Å². The lowest BCUT2D eigenvalue weighted by molar-refractivity contribution is -0.133. The number of hydrogen-bond donors (Lipinski definition) is 1. The topological polar surface area (TPSA) is 41.6 Å². The summed E-state index contributed by atoms with van der Waals surface area (Å²) in [6.07, 6.45) is 2.61. The number of benzene rings is 2. The Balaban J connectivity index is 0.00000261. The molecule has 146 valence electrons. The minimum Gasteiger partial charge on any atom is -0.492 e. The summed E-state index contributed by atoms with van der Waals surface area (Å²) in [7, 11) is 1.99. The quantitative estimate of drug-likeness (QED) is 0.779. The first-order valence-electron chi connectivity index (χ1n) is 9.47. The van der Waals surface area contributed by atoms with Crippen LogP contribution < -0.4 is 10.1 Å². The molecule has 1 saturated heterocycles. The molecule has 27 heavy (non-hydrogen) atoms. The second-order valence-electron chi connectivity index (χ2n) is 6.84. The molecule has 0 unspecified atom stereocenters. The van der Waals surface area contributed by atoms with Crippen molar-refractivity contribution >= 4 is 18.3 Å². The summed E-state index contributed by atoms with van der Waals surface area (Å²) in [6, 6.07) is 18.2. The molecule has 0 bridgehead atoms. The van der Waals surface area contributed by atoms with Crippen molar-refractivity contribution in [2.24, 2.45) is 5.92 Å². The van der Waals surface area contributed by atoms with Gasteiger partial charge in [0.05, 0.1) is 13.0 Å². The van der Waals surface area contributed by atoms with Gasteiger partial charge in [-0.05, 0) is 44.0 Å². The minimum atomic E-state index is 0. The first-order chi connectivity index (χ1) is 12.8. The highest BCUT2D eigenvalue weighted by Crippen LogP contribution is 2.29. The number of likely N-dealkylation sites (tertiary alicyclic amines) is 1. The highest BCUT2D eigenvalue weighted by atomic mass is 35.5. The predicted molar refractivity (Wildman–Crippen MR) is 112 cm³/mol. The zero-order valence-electron chi connectivity index (χ0n) is 15.9. The second kappa shape index (κ2) is 11.0. The Morgan fingerprint density at radius 3 is 2.44 bits per heavy atom. The summed E-state index contributed by atoms with van der Waals surface area (Å²) in [6.45, 7) is 3.19. The highest BCUT2D eigenvalue weighted by molar-refractivity contribution is 5.85. The lowest BCUT2D eigenvalue weighted by atomic mass is 9.97. The van der Waals surface area contributed by atoms with E-state index >= 15 is 0 Å². The zero-order chi connectivity index (χ0) is 18.2. The van der Waals surface area contributed by atoms with Crippen LogP contribution in [0.1, 0.15) is 19.3 Å². The Labute approximate surface area is 168 Å². The lowest BCUT2D eigenvalue weighted by Gasteiger charge is -2.32. The molecular weight excluding hydrogens is 360 g/mol. The van der Waals surface area contributed by atoms with Gasteiger partial charge in [-0.25, -0.2) is 0 Å². The molecular formula is C22H29ClN2O2. The molecule has 0 atom stereocenters. The fraction of sp³-hybridized carbons (Fsp3) is 0.409. The molecule has 0 aliphatic carbocycles. The number of carbonyl (C=O) groups excluding carboxylic acids is 1. The van der Waals surface area contributed by atoms with Crippen molar-refractivity contribution in [3.8, 4) is 16.9 Å². The number of carbonyl (C=O) groups is 1. The largest absolute Gasteiger partial charge is 0.492 e. The van der Waals surface area contributed by atoms with E-state index < -0.39 is 0 Å². The van der Waals surface area contributed by atoms with Gasteiger partial charge in [-0.15, -0.1) is 12.4 Å². The van der Waals surface area contributed by atoms with Crippen molar-refractivity contribution in [1.82, 2.24) is 10.2 Å². The van der Waals surface area contributed by atoms with Crippen LogP contribution >= 0.6 is 12.4 Å². The van der Waals surface area contributed by atoms with Crippen LogP contribution in [0.4, 0.5) is 0 Å². The predicted octanol–water partition coefficient (Wildman–Crippen LogP) is 4.00. The molecule has 0 aromatic heterocycles. The molecule has 5 heteroatoms. The number of para-hydroxylation sites is 1. The fourth-order valence-electron chi connectivity index (χ4n) is 3.53. The van der Waals surface area contributed by atoms with Gasteiger partial charge in [-0.3, -0.25) is 4.79 Å². The van der Waals surface area contributed by atoms with Crippen molar-refractivity contribution < 1.29 is 9.53 Å². The van der Waals surface area contributed by atoms with E-state index in [1.165, 1.54) is 0 Å². The van der Waals surface area contributed by atoms with Gasteiger partial charge in [0.15, 0.2) is 0 Å². The Morgan fingerprint density at radius 2 is 1.74 bits per heavy atom. The maximum atomic E-state index is 12.4. The van der Waals surface area contributed by atoms with E-state index in [9.17, 15) is 4.79 Å². The van der Waals surface area contributed by atoms with Gasteiger partial charge >= 0.3 is 0 Å². The Morgan fingerprint density at radius 1 is 1.07 bits per heavy atom. The average molecular weight is 389 g/mol. The monoisotopic (exact) mass is 388 g/mol. The molecule has 2 aromatic rings. The van der Waals surface area contributed by atoms with Gasteiger partial charge in [0.25, 0.3) is 0 Å². The number of amides is 1. The van der Waals surface area contributed by atoms with E-state index in [4.69, 9.17) is 4.74 Å². The molecule has 2 aromatic carbocycles. The minimum absolute atomic E-state index is 0. The number of halogens is 1. The smallest absolute Gasteiger partial charge is 0.225 e. The molecule has 0 saturated carbocycles. The van der Waals surface area contributed by atoms with Crippen LogP contribution in [0.15, 0.2) is 54.6 Å². The summed E-state index contributed by atoms with van der Waals surface area (Å²) in [4.78, 5) is 14.4. The lowest BCUT2D eigenvalue weighted by Crippen LogP contribution is -2.40. The van der Waals surface area contributed by atoms with Crippen LogP contribution in [0.25, 0.3) is 11.1 Å². The summed E-state index contributed by atoms with van der Waals surface area (Å²) in [5.74, 6) is 1.72. The Bertz CT molecular complexity index is 700. The second-order valence-corrected chi connectivity index (χ2v) is 6.84. The van der Waals surface area contributed by atoms with Crippen LogP contribution in [-0.4, -0.2) is 44.1 Å². The van der Waals surface area contributed by atoms with E-state index in [1.54, 1.807) is 0 Å². The maximum Gasteiger partial charge on any atom is 0.225 e. The highest BCUT2D eigenvalue weighted by Gasteiger charge is 2.22. The summed E-state index contributed by atoms with van der Waals surface area (Å²) >= 11 is 0. The molecule has 1 fully saturated rings. The fourth-order valence-corrected chi connectivity index (χ4v) is 3.53. The van der Waals surface area contributed by atoms with Crippen LogP contribution in [-0.2, 0) is 4.79 Å². The summed E-state index contributed by atoms with van der Waals surface area (Å²) in [5.41, 5.74) is 2.19. The Kier molecular flexibility index (Phi) is 8.62. The molecule has 1 amide bonds. The summed E-state index contributed by atoms with van der Waals surface area (Å²) in [5, 5.41) is 3.23. The molecule has 3 rings (SSSR count). The molecule has 0 radical (unpaired) electrons. The normalized spacial score (nSPS) is 14.5. The van der Waals surface area contributed by atoms with Gasteiger partial charge < -0.3 is 15.0 Å². The molecule has 1 N–H and O–H groups in total. The van der Waals surface area contributed by atoms with Crippen molar-refractivity contribution in [2.75, 3.05) is 33.3 Å². The number of nitrogens with one attached hydrogen (secondary N) is 1. The van der Waals surface area contributed by atoms with Crippen molar-refractivity contribution in [2.45, 2.75) is 19.3 Å². The third kappa shape index (κ3) is 5.98. The van der Waals surface area contributed by atoms with Crippen molar-refractivity contribution in [3.63, 3.8) is 0 Å². The van der Waals surface area contributed by atoms with Crippen LogP contribution in [0.5, 0.6) is 5.75 Å². The third-order valence-electron chi connectivity index (χ3n) is 5.01.